The number of rotatable bonds is 4. The quantitative estimate of drug-likeness (QED) is 0.469. The monoisotopic (exact) mass is 392 g/mol. The second-order valence-corrected chi connectivity index (χ2v) is 5.49. The first-order valence-corrected chi connectivity index (χ1v) is 7.07. The molecule has 114 valence electrons. The molecule has 1 saturated carbocycles. The lowest BCUT2D eigenvalue weighted by atomic mass is 10.00. The summed E-state index contributed by atoms with van der Waals surface area (Å²) in [5.74, 6) is 1.71. The molecular weight excluding hydrogens is 367 g/mol. The zero-order valence-corrected chi connectivity index (χ0v) is 14.8. The smallest absolute Gasteiger partial charge is 0.188 e. The summed E-state index contributed by atoms with van der Waals surface area (Å²) >= 11 is 0. The Bertz CT molecular complexity index is 433. The normalized spacial score (nSPS) is 17.9. The van der Waals surface area contributed by atoms with Crippen molar-refractivity contribution in [1.82, 2.24) is 10.5 Å². The number of aryl methyl sites for hydroxylation is 2. The lowest BCUT2D eigenvalue weighted by Gasteiger charge is -2.13. The maximum absolute atomic E-state index is 5.93. The number of nitrogens with two attached hydrogens (primary N) is 1. The van der Waals surface area contributed by atoms with Crippen LogP contribution in [0.4, 0.5) is 0 Å². The SMILES string of the molecule is Cc1noc(C)c1C(C)CN=C(N)NC1CCCC1.I. The summed E-state index contributed by atoms with van der Waals surface area (Å²) in [5, 5.41) is 7.27. The van der Waals surface area contributed by atoms with Crippen molar-refractivity contribution in [3.8, 4) is 0 Å². The Morgan fingerprint density at radius 3 is 2.65 bits per heavy atom. The highest BCUT2D eigenvalue weighted by atomic mass is 127. The van der Waals surface area contributed by atoms with E-state index in [9.17, 15) is 0 Å². The second kappa shape index (κ2) is 7.85. The molecular formula is C14H25IN4O. The van der Waals surface area contributed by atoms with Crippen LogP contribution < -0.4 is 11.1 Å². The van der Waals surface area contributed by atoms with Gasteiger partial charge in [0.25, 0.3) is 0 Å². The first kappa shape index (κ1) is 17.3. The van der Waals surface area contributed by atoms with E-state index in [1.54, 1.807) is 0 Å². The van der Waals surface area contributed by atoms with Crippen LogP contribution in [0.2, 0.25) is 0 Å². The molecule has 2 rings (SSSR count). The van der Waals surface area contributed by atoms with Crippen molar-refractivity contribution in [3.63, 3.8) is 0 Å². The Hall–Kier alpha value is -0.790. The molecule has 0 spiro atoms. The predicted molar refractivity (Wildman–Crippen MR) is 91.7 cm³/mol. The molecule has 6 heteroatoms. The van der Waals surface area contributed by atoms with Gasteiger partial charge in [0.05, 0.1) is 5.69 Å². The van der Waals surface area contributed by atoms with Crippen LogP contribution in [0.5, 0.6) is 0 Å². The van der Waals surface area contributed by atoms with E-state index >= 15 is 0 Å². The van der Waals surface area contributed by atoms with E-state index in [-0.39, 0.29) is 29.9 Å². The third-order valence-corrected chi connectivity index (χ3v) is 3.82. The van der Waals surface area contributed by atoms with Crippen LogP contribution in [-0.4, -0.2) is 23.7 Å². The molecule has 0 bridgehead atoms. The van der Waals surface area contributed by atoms with Crippen LogP contribution >= 0.6 is 24.0 Å². The van der Waals surface area contributed by atoms with Gasteiger partial charge in [0.15, 0.2) is 5.96 Å². The van der Waals surface area contributed by atoms with Gasteiger partial charge in [-0.2, -0.15) is 0 Å². The van der Waals surface area contributed by atoms with Crippen molar-refractivity contribution in [3.05, 3.63) is 17.0 Å². The van der Waals surface area contributed by atoms with Crippen LogP contribution in [0.1, 0.15) is 55.5 Å². The minimum absolute atomic E-state index is 0. The fraction of sp³-hybridized carbons (Fsp3) is 0.714. The van der Waals surface area contributed by atoms with E-state index in [2.05, 4.69) is 22.4 Å². The highest BCUT2D eigenvalue weighted by Crippen LogP contribution is 2.23. The Labute approximate surface area is 137 Å². The van der Waals surface area contributed by atoms with Gasteiger partial charge in [-0.3, -0.25) is 4.99 Å². The summed E-state index contributed by atoms with van der Waals surface area (Å²) in [6, 6.07) is 0.512. The van der Waals surface area contributed by atoms with Crippen LogP contribution in [0.3, 0.4) is 0 Å². The average Bonchev–Trinajstić information content (AvgIpc) is 2.97. The van der Waals surface area contributed by atoms with E-state index in [0.717, 1.165) is 17.0 Å². The summed E-state index contributed by atoms with van der Waals surface area (Å²) in [6.07, 6.45) is 4.99. The number of nitrogens with zero attached hydrogens (tertiary/aromatic N) is 2. The van der Waals surface area contributed by atoms with Crippen molar-refractivity contribution < 1.29 is 4.52 Å². The third-order valence-electron chi connectivity index (χ3n) is 3.82. The van der Waals surface area contributed by atoms with Crippen LogP contribution in [0, 0.1) is 13.8 Å². The van der Waals surface area contributed by atoms with Gasteiger partial charge in [-0.1, -0.05) is 24.9 Å². The first-order chi connectivity index (χ1) is 9.08. The van der Waals surface area contributed by atoms with Gasteiger partial charge in [-0.15, -0.1) is 24.0 Å². The number of aromatic nitrogens is 1. The second-order valence-electron chi connectivity index (χ2n) is 5.49. The molecule has 1 heterocycles. The molecule has 20 heavy (non-hydrogen) atoms. The number of hydrogen-bond donors (Lipinski definition) is 2. The first-order valence-electron chi connectivity index (χ1n) is 7.07. The summed E-state index contributed by atoms with van der Waals surface area (Å²) in [6.45, 7) is 6.69. The predicted octanol–water partition coefficient (Wildman–Crippen LogP) is 2.86. The minimum Gasteiger partial charge on any atom is -0.370 e. The van der Waals surface area contributed by atoms with E-state index < -0.39 is 0 Å². The standard InChI is InChI=1S/C14H24N4O.HI/c1-9(13-10(2)18-19-11(13)3)8-16-14(15)17-12-6-4-5-7-12;/h9,12H,4-8H2,1-3H3,(H3,15,16,17);1H. The molecule has 0 aliphatic heterocycles. The Morgan fingerprint density at radius 1 is 1.45 bits per heavy atom. The summed E-state index contributed by atoms with van der Waals surface area (Å²) in [5.41, 5.74) is 8.03. The number of hydrogen-bond acceptors (Lipinski definition) is 3. The van der Waals surface area contributed by atoms with Crippen molar-refractivity contribution in [2.24, 2.45) is 10.7 Å². The van der Waals surface area contributed by atoms with Crippen molar-refractivity contribution in [2.45, 2.75) is 58.4 Å². The maximum Gasteiger partial charge on any atom is 0.188 e. The zero-order chi connectivity index (χ0) is 13.8. The van der Waals surface area contributed by atoms with E-state index in [0.29, 0.717) is 18.5 Å². The summed E-state index contributed by atoms with van der Waals surface area (Å²) in [7, 11) is 0. The van der Waals surface area contributed by atoms with Crippen molar-refractivity contribution in [1.29, 1.82) is 0 Å². The van der Waals surface area contributed by atoms with Gasteiger partial charge in [0.2, 0.25) is 0 Å². The molecule has 1 aliphatic rings. The number of guanidine groups is 1. The molecule has 3 N–H and O–H groups in total. The zero-order valence-electron chi connectivity index (χ0n) is 12.5. The number of aliphatic imine (C=N–C) groups is 1. The highest BCUT2D eigenvalue weighted by molar-refractivity contribution is 14.0. The van der Waals surface area contributed by atoms with Crippen molar-refractivity contribution in [2.75, 3.05) is 6.54 Å². The van der Waals surface area contributed by atoms with Crippen LogP contribution in [-0.2, 0) is 0 Å². The van der Waals surface area contributed by atoms with Gasteiger partial charge in [0.1, 0.15) is 5.76 Å². The Kier molecular flexibility index (Phi) is 6.78. The van der Waals surface area contributed by atoms with Gasteiger partial charge in [-0.25, -0.2) is 0 Å². The molecule has 0 aromatic carbocycles. The molecule has 0 amide bonds. The minimum atomic E-state index is 0. The molecule has 0 saturated heterocycles. The third kappa shape index (κ3) is 4.36. The Balaban J connectivity index is 0.00000200. The molecule has 1 fully saturated rings. The molecule has 1 atom stereocenters. The van der Waals surface area contributed by atoms with Gasteiger partial charge >= 0.3 is 0 Å². The Morgan fingerprint density at radius 2 is 2.10 bits per heavy atom. The number of nitrogens with one attached hydrogen (secondary N) is 1. The van der Waals surface area contributed by atoms with E-state index in [1.807, 2.05) is 13.8 Å². The fourth-order valence-electron chi connectivity index (χ4n) is 2.85. The molecule has 0 radical (unpaired) electrons. The molecule has 1 aromatic rings. The van der Waals surface area contributed by atoms with E-state index in [4.69, 9.17) is 10.3 Å². The molecule has 1 unspecified atom stereocenters. The largest absolute Gasteiger partial charge is 0.370 e. The maximum atomic E-state index is 5.93. The van der Waals surface area contributed by atoms with Gasteiger partial charge in [0, 0.05) is 24.1 Å². The van der Waals surface area contributed by atoms with Crippen LogP contribution in [0.25, 0.3) is 0 Å². The molecule has 1 aromatic heterocycles. The number of halogens is 1. The van der Waals surface area contributed by atoms with E-state index in [1.165, 1.54) is 25.7 Å². The van der Waals surface area contributed by atoms with Crippen molar-refractivity contribution >= 4 is 29.9 Å². The fourth-order valence-corrected chi connectivity index (χ4v) is 2.85. The average molecular weight is 392 g/mol. The van der Waals surface area contributed by atoms with Crippen LogP contribution in [0.15, 0.2) is 9.52 Å². The lowest BCUT2D eigenvalue weighted by Crippen LogP contribution is -2.38. The summed E-state index contributed by atoms with van der Waals surface area (Å²) < 4.78 is 5.19. The molecule has 5 nitrogen and oxygen atoms in total. The van der Waals surface area contributed by atoms with Gasteiger partial charge < -0.3 is 15.6 Å². The topological polar surface area (TPSA) is 76.4 Å². The summed E-state index contributed by atoms with van der Waals surface area (Å²) in [4.78, 5) is 4.44. The lowest BCUT2D eigenvalue weighted by molar-refractivity contribution is 0.391. The highest BCUT2D eigenvalue weighted by Gasteiger charge is 2.17. The van der Waals surface area contributed by atoms with Gasteiger partial charge in [-0.05, 0) is 26.7 Å². The molecule has 1 aliphatic carbocycles.